The monoisotopic (exact) mass is 223 g/mol. The number of rotatable bonds is 4. The minimum absolute atomic E-state index is 0.222. The molecule has 0 heterocycles. The van der Waals surface area contributed by atoms with Gasteiger partial charge in [0.05, 0.1) is 6.42 Å². The van der Waals surface area contributed by atoms with Gasteiger partial charge in [-0.2, -0.15) is 13.2 Å². The third-order valence-electron chi connectivity index (χ3n) is 3.23. The molecule has 0 spiro atoms. The molecule has 0 amide bonds. The maximum Gasteiger partial charge on any atom is 0.390 e. The van der Waals surface area contributed by atoms with Crippen LogP contribution in [0.5, 0.6) is 0 Å². The van der Waals surface area contributed by atoms with Crippen molar-refractivity contribution in [1.29, 1.82) is 0 Å². The first-order chi connectivity index (χ1) is 6.81. The molecule has 4 heteroatoms. The van der Waals surface area contributed by atoms with Gasteiger partial charge in [-0.1, -0.05) is 19.8 Å². The Morgan fingerprint density at radius 3 is 2.27 bits per heavy atom. The Morgan fingerprint density at radius 1 is 1.27 bits per heavy atom. The SMILES string of the molecule is CC(CC(F)(F)F)NCC1(C)CCCC1. The van der Waals surface area contributed by atoms with Crippen molar-refractivity contribution in [3.63, 3.8) is 0 Å². The predicted octanol–water partition coefficient (Wildman–Crippen LogP) is 3.50. The zero-order valence-electron chi connectivity index (χ0n) is 9.45. The summed E-state index contributed by atoms with van der Waals surface area (Å²) in [5.74, 6) is 0. The van der Waals surface area contributed by atoms with Crippen LogP contribution in [-0.4, -0.2) is 18.8 Å². The van der Waals surface area contributed by atoms with Crippen LogP contribution in [-0.2, 0) is 0 Å². The average Bonchev–Trinajstić information content (AvgIpc) is 2.47. The van der Waals surface area contributed by atoms with E-state index in [-0.39, 0.29) is 5.41 Å². The quantitative estimate of drug-likeness (QED) is 0.769. The second-order valence-electron chi connectivity index (χ2n) is 5.12. The van der Waals surface area contributed by atoms with Crippen molar-refractivity contribution >= 4 is 0 Å². The average molecular weight is 223 g/mol. The van der Waals surface area contributed by atoms with Crippen LogP contribution in [0, 0.1) is 5.41 Å². The standard InChI is InChI=1S/C11H20F3N/c1-9(7-11(12,13)14)15-8-10(2)5-3-4-6-10/h9,15H,3-8H2,1-2H3. The summed E-state index contributed by atoms with van der Waals surface area (Å²) in [7, 11) is 0. The number of alkyl halides is 3. The molecule has 1 fully saturated rings. The van der Waals surface area contributed by atoms with Crippen molar-refractivity contribution in [2.75, 3.05) is 6.54 Å². The summed E-state index contributed by atoms with van der Waals surface area (Å²) in [5, 5.41) is 3.00. The molecule has 0 radical (unpaired) electrons. The zero-order valence-corrected chi connectivity index (χ0v) is 9.45. The Bertz CT molecular complexity index is 194. The largest absolute Gasteiger partial charge is 0.390 e. The zero-order chi connectivity index (χ0) is 11.5. The van der Waals surface area contributed by atoms with Gasteiger partial charge in [0.15, 0.2) is 0 Å². The van der Waals surface area contributed by atoms with Gasteiger partial charge in [-0.3, -0.25) is 0 Å². The van der Waals surface area contributed by atoms with Crippen molar-refractivity contribution in [3.05, 3.63) is 0 Å². The van der Waals surface area contributed by atoms with Crippen LogP contribution >= 0.6 is 0 Å². The van der Waals surface area contributed by atoms with Crippen LogP contribution in [0.25, 0.3) is 0 Å². The summed E-state index contributed by atoms with van der Waals surface area (Å²) < 4.78 is 36.2. The van der Waals surface area contributed by atoms with Crippen LogP contribution in [0.15, 0.2) is 0 Å². The summed E-state index contributed by atoms with van der Waals surface area (Å²) in [6, 6.07) is -0.470. The van der Waals surface area contributed by atoms with Crippen LogP contribution in [0.3, 0.4) is 0 Å². The molecule has 15 heavy (non-hydrogen) atoms. The molecule has 1 N–H and O–H groups in total. The van der Waals surface area contributed by atoms with Crippen LogP contribution in [0.1, 0.15) is 46.0 Å². The minimum atomic E-state index is -4.05. The first kappa shape index (κ1) is 12.8. The molecule has 0 aliphatic heterocycles. The summed E-state index contributed by atoms with van der Waals surface area (Å²) >= 11 is 0. The molecule has 1 atom stereocenters. The third kappa shape index (κ3) is 4.87. The van der Waals surface area contributed by atoms with Crippen LogP contribution < -0.4 is 5.32 Å². The van der Waals surface area contributed by atoms with E-state index in [1.807, 2.05) is 0 Å². The van der Waals surface area contributed by atoms with Crippen molar-refractivity contribution in [3.8, 4) is 0 Å². The molecule has 90 valence electrons. The molecule has 0 aromatic carbocycles. The van der Waals surface area contributed by atoms with E-state index >= 15 is 0 Å². The minimum Gasteiger partial charge on any atom is -0.313 e. The molecule has 1 nitrogen and oxygen atoms in total. The van der Waals surface area contributed by atoms with Gasteiger partial charge in [0.1, 0.15) is 0 Å². The lowest BCUT2D eigenvalue weighted by Crippen LogP contribution is -2.38. The van der Waals surface area contributed by atoms with Gasteiger partial charge >= 0.3 is 6.18 Å². The topological polar surface area (TPSA) is 12.0 Å². The Labute approximate surface area is 89.4 Å². The van der Waals surface area contributed by atoms with Gasteiger partial charge in [-0.05, 0) is 25.2 Å². The highest BCUT2D eigenvalue weighted by Crippen LogP contribution is 2.36. The number of nitrogens with one attached hydrogen (secondary N) is 1. The normalized spacial score (nSPS) is 23.0. The molecule has 0 aromatic heterocycles. The molecule has 0 saturated heterocycles. The lowest BCUT2D eigenvalue weighted by molar-refractivity contribution is -0.139. The van der Waals surface area contributed by atoms with Gasteiger partial charge in [0.25, 0.3) is 0 Å². The summed E-state index contributed by atoms with van der Waals surface area (Å²) in [6.45, 7) is 4.48. The molecule has 1 rings (SSSR count). The fraction of sp³-hybridized carbons (Fsp3) is 1.00. The van der Waals surface area contributed by atoms with E-state index in [2.05, 4.69) is 12.2 Å². The Morgan fingerprint density at radius 2 is 1.80 bits per heavy atom. The molecule has 0 aromatic rings. The fourth-order valence-electron chi connectivity index (χ4n) is 2.25. The van der Waals surface area contributed by atoms with Crippen LogP contribution in [0.4, 0.5) is 13.2 Å². The lowest BCUT2D eigenvalue weighted by atomic mass is 9.88. The maximum absolute atomic E-state index is 12.1. The van der Waals surface area contributed by atoms with Gasteiger partial charge in [0.2, 0.25) is 0 Å². The summed E-state index contributed by atoms with van der Waals surface area (Å²) in [4.78, 5) is 0. The Hall–Kier alpha value is -0.250. The van der Waals surface area contributed by atoms with E-state index in [9.17, 15) is 13.2 Å². The van der Waals surface area contributed by atoms with E-state index in [1.54, 1.807) is 6.92 Å². The molecular weight excluding hydrogens is 203 g/mol. The number of hydrogen-bond donors (Lipinski definition) is 1. The van der Waals surface area contributed by atoms with Crippen molar-refractivity contribution in [1.82, 2.24) is 5.32 Å². The maximum atomic E-state index is 12.1. The molecule has 1 aliphatic rings. The van der Waals surface area contributed by atoms with Crippen molar-refractivity contribution in [2.24, 2.45) is 5.41 Å². The smallest absolute Gasteiger partial charge is 0.313 e. The third-order valence-corrected chi connectivity index (χ3v) is 3.23. The van der Waals surface area contributed by atoms with E-state index in [0.29, 0.717) is 6.54 Å². The summed E-state index contributed by atoms with van der Waals surface area (Å²) in [5.41, 5.74) is 0.222. The predicted molar refractivity (Wildman–Crippen MR) is 54.7 cm³/mol. The highest BCUT2D eigenvalue weighted by atomic mass is 19.4. The fourth-order valence-corrected chi connectivity index (χ4v) is 2.25. The second-order valence-corrected chi connectivity index (χ2v) is 5.12. The van der Waals surface area contributed by atoms with Crippen LogP contribution in [0.2, 0.25) is 0 Å². The molecule has 1 aliphatic carbocycles. The summed E-state index contributed by atoms with van der Waals surface area (Å²) in [6.07, 6.45) is -0.0821. The molecule has 1 unspecified atom stereocenters. The number of halogens is 3. The Kier molecular flexibility index (Phi) is 4.04. The highest BCUT2D eigenvalue weighted by molar-refractivity contribution is 4.83. The van der Waals surface area contributed by atoms with E-state index in [1.165, 1.54) is 12.8 Å². The van der Waals surface area contributed by atoms with E-state index in [0.717, 1.165) is 12.8 Å². The lowest BCUT2D eigenvalue weighted by Gasteiger charge is -2.26. The number of hydrogen-bond acceptors (Lipinski definition) is 1. The van der Waals surface area contributed by atoms with Crippen molar-refractivity contribution < 1.29 is 13.2 Å². The molecular formula is C11H20F3N. The van der Waals surface area contributed by atoms with Gasteiger partial charge in [0, 0.05) is 12.6 Å². The molecule has 0 bridgehead atoms. The second kappa shape index (κ2) is 4.73. The molecule has 1 saturated carbocycles. The van der Waals surface area contributed by atoms with E-state index in [4.69, 9.17) is 0 Å². The Balaban J connectivity index is 2.24. The van der Waals surface area contributed by atoms with Gasteiger partial charge in [-0.25, -0.2) is 0 Å². The highest BCUT2D eigenvalue weighted by Gasteiger charge is 2.32. The van der Waals surface area contributed by atoms with Gasteiger partial charge < -0.3 is 5.32 Å². The van der Waals surface area contributed by atoms with Crippen molar-refractivity contribution in [2.45, 2.75) is 58.2 Å². The first-order valence-electron chi connectivity index (χ1n) is 5.61. The van der Waals surface area contributed by atoms with E-state index < -0.39 is 18.6 Å². The van der Waals surface area contributed by atoms with Gasteiger partial charge in [-0.15, -0.1) is 0 Å². The first-order valence-corrected chi connectivity index (χ1v) is 5.61.